The summed E-state index contributed by atoms with van der Waals surface area (Å²) in [6.45, 7) is 4.05. The van der Waals surface area contributed by atoms with E-state index in [4.69, 9.17) is 11.5 Å². The molecule has 3 saturated heterocycles. The van der Waals surface area contributed by atoms with E-state index >= 15 is 33.6 Å². The van der Waals surface area contributed by atoms with Crippen LogP contribution >= 0.6 is 11.8 Å². The number of phenols is 1. The molecule has 0 bridgehead atoms. The van der Waals surface area contributed by atoms with Gasteiger partial charge in [-0.2, -0.15) is 0 Å². The third kappa shape index (κ3) is 27.9. The molecule has 1 unspecified atom stereocenters. The molecule has 0 radical (unpaired) electrons. The maximum atomic E-state index is 15.7. The van der Waals surface area contributed by atoms with Gasteiger partial charge in [-0.25, -0.2) is 4.98 Å². The fraction of sp³-hybridized carbons (Fsp3) is 0.527. The van der Waals surface area contributed by atoms with E-state index in [0.29, 0.717) is 69.9 Å². The number of ketones is 4. The number of para-hydroxylation sites is 2. The van der Waals surface area contributed by atoms with Crippen molar-refractivity contribution < 1.29 is 107 Å². The van der Waals surface area contributed by atoms with E-state index in [-0.39, 0.29) is 69.4 Å². The smallest absolute Gasteiger partial charge is 0.305 e. The van der Waals surface area contributed by atoms with Crippen molar-refractivity contribution in [1.29, 1.82) is 0 Å². The van der Waals surface area contributed by atoms with Crippen LogP contribution in [0.1, 0.15) is 153 Å². The number of carbonyl (C=O) groups excluding carboxylic acids is 17. The molecule has 3 fully saturated rings. The number of carbonyl (C=O) groups is 18. The number of likely N-dealkylation sites (N-methyl/N-ethyl adjacent to an activating group) is 3. The monoisotopic (exact) mass is 1840 g/mol. The van der Waals surface area contributed by atoms with Crippen molar-refractivity contribution in [3.05, 3.63) is 120 Å². The molecule has 17 N–H and O–H groups in total. The number of aromatic amines is 3. The number of Topliss-reactive ketones (excluding diaryl/α,β-unsaturated/α-hetero) is 4. The van der Waals surface area contributed by atoms with Crippen LogP contribution in [-0.2, 0) is 112 Å². The second kappa shape index (κ2) is 48.3. The number of imidazole rings is 1. The maximum absolute atomic E-state index is 15.7. The number of nitrogens with one attached hydrogen (secondary N) is 9. The third-order valence-corrected chi connectivity index (χ3v) is 25.6. The summed E-state index contributed by atoms with van der Waals surface area (Å²) in [6, 6.07) is 4.69. The van der Waals surface area contributed by atoms with Gasteiger partial charge in [-0.15, -0.1) is 11.8 Å². The molecule has 15 atom stereocenters. The van der Waals surface area contributed by atoms with Crippen LogP contribution in [0.3, 0.4) is 0 Å². The number of fused-ring (bicyclic) bond motifs is 4. The predicted molar refractivity (Wildman–Crippen MR) is 478 cm³/mol. The molecule has 39 nitrogen and oxygen atoms in total. The highest BCUT2D eigenvalue weighted by Gasteiger charge is 2.47. The molecular formula is C91H121N17O22S. The Morgan fingerprint density at radius 2 is 1.15 bits per heavy atom. The first-order valence-corrected chi connectivity index (χ1v) is 45.4. The molecule has 708 valence electrons. The number of primary amides is 2. The van der Waals surface area contributed by atoms with Crippen LogP contribution in [0, 0.1) is 23.7 Å². The Morgan fingerprint density at radius 3 is 1.76 bits per heavy atom. The number of aromatic nitrogens is 4. The van der Waals surface area contributed by atoms with E-state index in [1.165, 1.54) is 81.6 Å². The second-order valence-electron chi connectivity index (χ2n) is 34.2. The summed E-state index contributed by atoms with van der Waals surface area (Å²) in [5.74, 6) is -22.9. The number of aliphatic hydroxyl groups excluding tert-OH is 2. The molecule has 3 aromatic heterocycles. The Morgan fingerprint density at radius 1 is 0.565 bits per heavy atom. The number of hydrogen-bond acceptors (Lipinski definition) is 23. The highest BCUT2D eigenvalue weighted by Crippen LogP contribution is 2.32. The number of nitrogens with zero attached hydrogens (tertiary/aromatic N) is 6. The number of carboxylic acids is 1. The summed E-state index contributed by atoms with van der Waals surface area (Å²) >= 11 is 0.790. The average molecular weight is 1840 g/mol. The summed E-state index contributed by atoms with van der Waals surface area (Å²) in [6.07, 6.45) is 0.756. The van der Waals surface area contributed by atoms with Gasteiger partial charge < -0.3 is 103 Å². The Labute approximate surface area is 761 Å². The number of H-pyrrole nitrogens is 3. The Bertz CT molecular complexity index is 5120. The lowest BCUT2D eigenvalue weighted by atomic mass is 9.84. The quantitative estimate of drug-likeness (QED) is 0.0426. The number of nitrogens with two attached hydrogens (primary N) is 2. The maximum Gasteiger partial charge on any atom is 0.305 e. The van der Waals surface area contributed by atoms with E-state index in [2.05, 4.69) is 51.8 Å². The number of thioether (sulfide) groups is 1. The summed E-state index contributed by atoms with van der Waals surface area (Å²) in [7, 11) is 3.96. The van der Waals surface area contributed by atoms with Crippen LogP contribution in [0.5, 0.6) is 5.75 Å². The van der Waals surface area contributed by atoms with Crippen molar-refractivity contribution >= 4 is 139 Å². The predicted octanol–water partition coefficient (Wildman–Crippen LogP) is 1.01. The number of carboxylic acid groups (broad SMARTS) is 1. The largest absolute Gasteiger partial charge is 0.508 e. The zero-order chi connectivity index (χ0) is 95.6. The highest BCUT2D eigenvalue weighted by atomic mass is 32.2. The van der Waals surface area contributed by atoms with Gasteiger partial charge in [-0.1, -0.05) is 95.0 Å². The number of phenolic OH excluding ortho intramolecular Hbond substituents is 1. The molecule has 6 heterocycles. The Kier molecular flexibility index (Phi) is 37.6. The van der Waals surface area contributed by atoms with Gasteiger partial charge >= 0.3 is 5.97 Å². The molecular weight excluding hydrogens is 1720 g/mol. The van der Waals surface area contributed by atoms with E-state index in [1.54, 1.807) is 60.9 Å². The fourth-order valence-electron chi connectivity index (χ4n) is 17.0. The Hall–Kier alpha value is -12.7. The molecule has 6 aromatic rings. The molecule has 0 spiro atoms. The van der Waals surface area contributed by atoms with Crippen LogP contribution in [0.15, 0.2) is 97.7 Å². The van der Waals surface area contributed by atoms with E-state index in [9.17, 15) is 73.2 Å². The van der Waals surface area contributed by atoms with Gasteiger partial charge in [-0.3, -0.25) is 86.3 Å². The number of aliphatic carboxylic acids is 1. The fourth-order valence-corrected chi connectivity index (χ4v) is 17.8. The van der Waals surface area contributed by atoms with Gasteiger partial charge in [0, 0.05) is 162 Å². The molecule has 131 heavy (non-hydrogen) atoms. The number of rotatable bonds is 23. The molecule has 3 aliphatic heterocycles. The molecule has 0 saturated carbocycles. The lowest BCUT2D eigenvalue weighted by Crippen LogP contribution is -2.58. The minimum absolute atomic E-state index is 0.00238. The van der Waals surface area contributed by atoms with Gasteiger partial charge in [0.25, 0.3) is 0 Å². The molecule has 0 aliphatic carbocycles. The summed E-state index contributed by atoms with van der Waals surface area (Å²) in [5.41, 5.74) is 14.2. The zero-order valence-electron chi connectivity index (χ0n) is 74.7. The lowest BCUT2D eigenvalue weighted by Gasteiger charge is -2.36. The summed E-state index contributed by atoms with van der Waals surface area (Å²) in [4.78, 5) is 280. The third-order valence-electron chi connectivity index (χ3n) is 24.6. The number of unbranched alkanes of at least 4 members (excludes halogenated alkanes) is 2. The van der Waals surface area contributed by atoms with Gasteiger partial charge in [0.15, 0.2) is 17.3 Å². The summed E-state index contributed by atoms with van der Waals surface area (Å²) in [5, 5.41) is 60.1. The summed E-state index contributed by atoms with van der Waals surface area (Å²) < 4.78 is 0. The first-order chi connectivity index (χ1) is 62.4. The SMILES string of the molecule is CCCC[C@H]1C(=O)N(C)[C@@H](CCCC)C(=O)C[C@@H](C)C(=O)N[C@H](C(=O)NCC(N)=O)CSCC(=O)N[C@@H](Cc2ccc(O)cc2)C(=O)N(C)[C@@H](C)C(=O)N[C@@H](CC(=O)O)C(=O)N2CCCC2C(=O)C[C@@H](Cc2cnc[nH]2)C(=O)C[C@@H](CCC(N)=O)C(=O)N2C[C@H](O)C[C@H]2C(=O)N[C@@H](Cc2c[nH]c3ccccc23)C(=O)C[C@@H](CO)C(=O)N[C@@H](Cc2c[nH]c3ccccc23)C(=O)N1C. The van der Waals surface area contributed by atoms with Crippen molar-refractivity contribution in [2.24, 2.45) is 35.1 Å². The normalized spacial score (nSPS) is 25.4. The van der Waals surface area contributed by atoms with Crippen molar-refractivity contribution in [1.82, 2.24) is 76.3 Å². The van der Waals surface area contributed by atoms with E-state index < -0.39 is 273 Å². The number of hydrogen-bond donors (Lipinski definition) is 15. The molecule has 3 aromatic carbocycles. The average Bonchev–Trinajstić information content (AvgIpc) is 1.62. The van der Waals surface area contributed by atoms with Gasteiger partial charge in [-0.05, 0) is 86.4 Å². The first-order valence-electron chi connectivity index (χ1n) is 44.2. The second-order valence-corrected chi connectivity index (χ2v) is 35.3. The topological polar surface area (TPSA) is 589 Å². The number of aliphatic hydroxyl groups is 2. The van der Waals surface area contributed by atoms with Crippen molar-refractivity contribution in [2.45, 2.75) is 223 Å². The molecule has 3 aliphatic rings. The molecule has 40 heteroatoms. The van der Waals surface area contributed by atoms with E-state index in [0.717, 1.165) is 26.5 Å². The number of benzene rings is 3. The van der Waals surface area contributed by atoms with Crippen molar-refractivity contribution in [3.63, 3.8) is 0 Å². The first kappa shape index (κ1) is 102. The highest BCUT2D eigenvalue weighted by molar-refractivity contribution is 8.00. The van der Waals surface area contributed by atoms with Crippen LogP contribution in [0.25, 0.3) is 21.8 Å². The van der Waals surface area contributed by atoms with Gasteiger partial charge in [0.2, 0.25) is 76.8 Å². The zero-order valence-corrected chi connectivity index (χ0v) is 75.5. The van der Waals surface area contributed by atoms with Gasteiger partial charge in [0.1, 0.15) is 53.8 Å². The lowest BCUT2D eigenvalue weighted by molar-refractivity contribution is -0.149. The Balaban J connectivity index is 1.08. The minimum atomic E-state index is -1.88. The van der Waals surface area contributed by atoms with Crippen molar-refractivity contribution in [3.8, 4) is 5.75 Å². The van der Waals surface area contributed by atoms with Gasteiger partial charge in [0.05, 0.1) is 61.8 Å². The molecule has 13 amide bonds. The standard InChI is InChI=1S/C91H121N17O22S/c1-8-10-21-70-76(114)31-50(3)82(121)103-69(85(124)97-44-79(93)117)47-131-48-80(118)99-66(32-52-24-27-59(110)28-25-52)88(127)104(5)51(4)83(122)101-68(40-81(119)120)90(129)107-30-16-23-71(107)77(115)37-54(33-58-43-94-49-98-58)74(112)36-53(26-29-78(92)116)87(126)108-45-60(111)39-73(108)86(125)100-65(34-55-41-95-63-19-14-12-17-61(55)63)75(113)38-57(46-109)84(123)102-67(35-56-42-96-64-20-15-13-18-62(56)64)89(128)106(7)72(22-11-9-2)91(130)105(70)6/h12-15,17-20,24-25,27-28,41-43,49-51,53-54,57,60,65-73,95-96,109-111H,8-11,16,21-23,26,29-40,44-48H2,1-7H3,(H2,92,116)(H2,93,117)(H,94,98)(H,97,124)(H,99,118)(H,100,125)(H,101,122)(H,102,123)(H,103,121)(H,119,120)/t50-,51+,53-,54-,57+,60-,65+,66+,67+,68+,69+,70+,71?,72+,73+/m1/s1. The van der Waals surface area contributed by atoms with E-state index in [1.807, 2.05) is 13.8 Å². The van der Waals surface area contributed by atoms with Crippen LogP contribution in [-0.4, -0.2) is 296 Å². The number of aromatic hydroxyl groups is 1. The van der Waals surface area contributed by atoms with Crippen LogP contribution in [0.2, 0.25) is 0 Å². The van der Waals surface area contributed by atoms with Crippen LogP contribution in [0.4, 0.5) is 0 Å². The van der Waals surface area contributed by atoms with Crippen LogP contribution < -0.4 is 43.4 Å². The molecule has 9 rings (SSSR count). The minimum Gasteiger partial charge on any atom is -0.508 e. The van der Waals surface area contributed by atoms with Crippen molar-refractivity contribution in [2.75, 3.05) is 58.9 Å². The number of amides is 13.